The van der Waals surface area contributed by atoms with Gasteiger partial charge in [0.1, 0.15) is 5.84 Å². The summed E-state index contributed by atoms with van der Waals surface area (Å²) >= 11 is 0. The van der Waals surface area contributed by atoms with Gasteiger partial charge in [0.25, 0.3) is 15.9 Å². The molecule has 25 heavy (non-hydrogen) atoms. The fourth-order valence-corrected chi connectivity index (χ4v) is 4.02. The van der Waals surface area contributed by atoms with Crippen LogP contribution in [0.1, 0.15) is 19.3 Å². The van der Waals surface area contributed by atoms with E-state index in [0.29, 0.717) is 31.6 Å². The van der Waals surface area contributed by atoms with Crippen LogP contribution in [0.4, 0.5) is 0 Å². The molecule has 3 rings (SSSR count). The molecular weight excluding hydrogens is 350 g/mol. The first-order valence-corrected chi connectivity index (χ1v) is 9.51. The molecule has 3 aliphatic rings. The number of rotatable bonds is 4. The van der Waals surface area contributed by atoms with Gasteiger partial charge in [-0.2, -0.15) is 0 Å². The second-order valence-electron chi connectivity index (χ2n) is 6.26. The number of hydrogen-bond donors (Lipinski definition) is 2. The number of sulfonamides is 1. The van der Waals surface area contributed by atoms with Crippen molar-refractivity contribution in [1.82, 2.24) is 10.2 Å². The standard InChI is InChI=1S/C15H19N3O6S/c19-13(20)9-15(3-6-24-7-4-15)16-14(21)11-1-2-12-17-25(22,23)8-5-18(12)10-11/h1-2,10H,3-9H2,(H,16,21)(H,19,20). The quantitative estimate of drug-likeness (QED) is 0.692. The van der Waals surface area contributed by atoms with Crippen LogP contribution in [0.3, 0.4) is 0 Å². The lowest BCUT2D eigenvalue weighted by molar-refractivity contribution is -0.140. The molecule has 0 bridgehead atoms. The molecule has 136 valence electrons. The van der Waals surface area contributed by atoms with Gasteiger partial charge < -0.3 is 20.1 Å². The Bertz CT molecular complexity index is 777. The van der Waals surface area contributed by atoms with Gasteiger partial charge in [0.15, 0.2) is 0 Å². The topological polar surface area (TPSA) is 125 Å². The molecule has 2 N–H and O–H groups in total. The number of aliphatic carboxylic acids is 1. The minimum atomic E-state index is -3.45. The number of carboxylic acids is 1. The predicted octanol–water partition coefficient (Wildman–Crippen LogP) is -0.376. The number of fused-ring (bicyclic) bond motifs is 1. The molecule has 3 aliphatic heterocycles. The lowest BCUT2D eigenvalue weighted by atomic mass is 9.86. The van der Waals surface area contributed by atoms with Gasteiger partial charge in [-0.05, 0) is 25.0 Å². The number of carbonyl (C=O) groups is 2. The minimum absolute atomic E-state index is 0.115. The van der Waals surface area contributed by atoms with E-state index in [1.165, 1.54) is 18.4 Å². The van der Waals surface area contributed by atoms with Gasteiger partial charge in [-0.1, -0.05) is 0 Å². The molecule has 0 unspecified atom stereocenters. The number of amidine groups is 1. The number of hydrogen-bond acceptors (Lipinski definition) is 6. The molecule has 3 heterocycles. The van der Waals surface area contributed by atoms with E-state index in [0.717, 1.165) is 0 Å². The number of carbonyl (C=O) groups excluding carboxylic acids is 1. The van der Waals surface area contributed by atoms with Crippen molar-refractivity contribution in [3.63, 3.8) is 0 Å². The Morgan fingerprint density at radius 1 is 1.32 bits per heavy atom. The van der Waals surface area contributed by atoms with Crippen LogP contribution < -0.4 is 5.32 Å². The molecule has 0 spiro atoms. The summed E-state index contributed by atoms with van der Waals surface area (Å²) in [5.41, 5.74) is -0.510. The van der Waals surface area contributed by atoms with Crippen LogP contribution in [-0.2, 0) is 24.3 Å². The van der Waals surface area contributed by atoms with Gasteiger partial charge in [0.05, 0.1) is 23.3 Å². The van der Waals surface area contributed by atoms with Crippen LogP contribution in [0.5, 0.6) is 0 Å². The second-order valence-corrected chi connectivity index (χ2v) is 8.02. The SMILES string of the molecule is O=C(O)CC1(NC(=O)C2=CN3CCS(=O)(=O)N=C3C=C2)CCOCC1. The maximum Gasteiger partial charge on any atom is 0.305 e. The molecule has 0 aromatic carbocycles. The van der Waals surface area contributed by atoms with Crippen LogP contribution in [-0.4, -0.2) is 67.2 Å². The molecule has 0 aromatic rings. The molecule has 10 heteroatoms. The van der Waals surface area contributed by atoms with Gasteiger partial charge >= 0.3 is 5.97 Å². The third-order valence-electron chi connectivity index (χ3n) is 4.40. The van der Waals surface area contributed by atoms with Crippen molar-refractivity contribution in [2.24, 2.45) is 4.40 Å². The Labute approximate surface area is 145 Å². The number of nitrogens with zero attached hydrogens (tertiary/aromatic N) is 2. The molecule has 0 saturated carbocycles. The molecule has 1 saturated heterocycles. The highest BCUT2D eigenvalue weighted by molar-refractivity contribution is 7.90. The Kier molecular flexibility index (Phi) is 4.65. The van der Waals surface area contributed by atoms with Gasteiger partial charge in [-0.3, -0.25) is 9.59 Å². The monoisotopic (exact) mass is 369 g/mol. The van der Waals surface area contributed by atoms with E-state index in [-0.39, 0.29) is 24.6 Å². The fraction of sp³-hybridized carbons (Fsp3) is 0.533. The van der Waals surface area contributed by atoms with E-state index in [1.807, 2.05) is 0 Å². The molecular formula is C15H19N3O6S. The van der Waals surface area contributed by atoms with E-state index in [1.54, 1.807) is 4.90 Å². The minimum Gasteiger partial charge on any atom is -0.481 e. The maximum atomic E-state index is 12.6. The summed E-state index contributed by atoms with van der Waals surface area (Å²) in [4.78, 5) is 25.4. The zero-order chi connectivity index (χ0) is 18.1. The van der Waals surface area contributed by atoms with Gasteiger partial charge in [0, 0.05) is 26.0 Å². The van der Waals surface area contributed by atoms with Crippen LogP contribution in [0.2, 0.25) is 0 Å². The molecule has 0 aromatic heterocycles. The summed E-state index contributed by atoms with van der Waals surface area (Å²) in [6, 6.07) is 0. The zero-order valence-corrected chi connectivity index (χ0v) is 14.3. The van der Waals surface area contributed by atoms with E-state index >= 15 is 0 Å². The van der Waals surface area contributed by atoms with Crippen molar-refractivity contribution in [3.8, 4) is 0 Å². The van der Waals surface area contributed by atoms with Crippen molar-refractivity contribution < 1.29 is 27.9 Å². The van der Waals surface area contributed by atoms with Crippen molar-refractivity contribution in [3.05, 3.63) is 23.9 Å². The smallest absolute Gasteiger partial charge is 0.305 e. The Morgan fingerprint density at radius 2 is 2.04 bits per heavy atom. The predicted molar refractivity (Wildman–Crippen MR) is 88.3 cm³/mol. The van der Waals surface area contributed by atoms with Gasteiger partial charge in [-0.15, -0.1) is 4.40 Å². The van der Waals surface area contributed by atoms with Crippen LogP contribution in [0.25, 0.3) is 0 Å². The third kappa shape index (κ3) is 4.07. The Hall–Kier alpha value is -2.20. The summed E-state index contributed by atoms with van der Waals surface area (Å²) in [5, 5.41) is 12.0. The largest absolute Gasteiger partial charge is 0.481 e. The number of ether oxygens (including phenoxy) is 1. The summed E-state index contributed by atoms with van der Waals surface area (Å²) in [5.74, 6) is -1.22. The van der Waals surface area contributed by atoms with E-state index in [4.69, 9.17) is 9.84 Å². The van der Waals surface area contributed by atoms with Crippen molar-refractivity contribution >= 4 is 27.7 Å². The highest BCUT2D eigenvalue weighted by Gasteiger charge is 2.37. The molecule has 1 amide bonds. The second kappa shape index (κ2) is 6.60. The van der Waals surface area contributed by atoms with Gasteiger partial charge in [0.2, 0.25) is 0 Å². The van der Waals surface area contributed by atoms with E-state index in [9.17, 15) is 18.0 Å². The van der Waals surface area contributed by atoms with Crippen molar-refractivity contribution in [1.29, 1.82) is 0 Å². The average Bonchev–Trinajstić information content (AvgIpc) is 2.53. The molecule has 9 nitrogen and oxygen atoms in total. The number of carboxylic acid groups (broad SMARTS) is 1. The zero-order valence-electron chi connectivity index (χ0n) is 13.5. The Balaban J connectivity index is 1.76. The molecule has 1 fully saturated rings. The normalized spacial score (nSPS) is 23.9. The molecule has 0 atom stereocenters. The Morgan fingerprint density at radius 3 is 2.72 bits per heavy atom. The first-order valence-electron chi connectivity index (χ1n) is 7.90. The van der Waals surface area contributed by atoms with Crippen LogP contribution >= 0.6 is 0 Å². The van der Waals surface area contributed by atoms with Crippen molar-refractivity contribution in [2.45, 2.75) is 24.8 Å². The lowest BCUT2D eigenvalue weighted by Crippen LogP contribution is -2.53. The van der Waals surface area contributed by atoms with E-state index in [2.05, 4.69) is 9.71 Å². The summed E-state index contributed by atoms with van der Waals surface area (Å²) in [7, 11) is -3.45. The summed E-state index contributed by atoms with van der Waals surface area (Å²) in [6.45, 7) is 1.00. The lowest BCUT2D eigenvalue weighted by Gasteiger charge is -2.37. The molecule has 0 aliphatic carbocycles. The van der Waals surface area contributed by atoms with Crippen LogP contribution in [0.15, 0.2) is 28.3 Å². The number of nitrogens with one attached hydrogen (secondary N) is 1. The van der Waals surface area contributed by atoms with E-state index < -0.39 is 27.4 Å². The van der Waals surface area contributed by atoms with Crippen LogP contribution in [0, 0.1) is 0 Å². The maximum absolute atomic E-state index is 12.6. The van der Waals surface area contributed by atoms with Crippen molar-refractivity contribution in [2.75, 3.05) is 25.5 Å². The first-order chi connectivity index (χ1) is 11.8. The summed E-state index contributed by atoms with van der Waals surface area (Å²) < 4.78 is 32.0. The highest BCUT2D eigenvalue weighted by Crippen LogP contribution is 2.26. The third-order valence-corrected chi connectivity index (χ3v) is 5.57. The summed E-state index contributed by atoms with van der Waals surface area (Å²) in [6.07, 6.45) is 5.18. The highest BCUT2D eigenvalue weighted by atomic mass is 32.2. The first kappa shape index (κ1) is 17.6. The average molecular weight is 369 g/mol. The number of amides is 1. The fourth-order valence-electron chi connectivity index (χ4n) is 3.05. The molecule has 0 radical (unpaired) electrons. The van der Waals surface area contributed by atoms with Gasteiger partial charge in [-0.25, -0.2) is 8.42 Å².